The highest BCUT2D eigenvalue weighted by Gasteiger charge is 2.35. The van der Waals surface area contributed by atoms with Crippen molar-refractivity contribution >= 4 is 23.7 Å². The molecule has 30 heavy (non-hydrogen) atoms. The van der Waals surface area contributed by atoms with E-state index in [-0.39, 0.29) is 24.6 Å². The Kier molecular flexibility index (Phi) is 6.25. The molecule has 0 fully saturated rings. The van der Waals surface area contributed by atoms with Crippen LogP contribution in [0.25, 0.3) is 0 Å². The number of hydrogen-bond donors (Lipinski definition) is 1. The molecule has 2 aromatic rings. The molecule has 156 valence electrons. The summed E-state index contributed by atoms with van der Waals surface area (Å²) in [4.78, 5) is 50.5. The van der Waals surface area contributed by atoms with Gasteiger partial charge in [0.25, 0.3) is 17.7 Å². The minimum Gasteiger partial charge on any atom is -0.462 e. The molecule has 7 nitrogen and oxygen atoms in total. The molecule has 0 radical (unpaired) electrons. The van der Waals surface area contributed by atoms with E-state index in [9.17, 15) is 23.6 Å². The maximum Gasteiger partial charge on any atom is 0.328 e. The summed E-state index contributed by atoms with van der Waals surface area (Å²) in [5, 5.41) is 2.58. The molecular weight excluding hydrogens is 391 g/mol. The molecule has 0 spiro atoms. The highest BCUT2D eigenvalue weighted by molar-refractivity contribution is 6.21. The van der Waals surface area contributed by atoms with Crippen molar-refractivity contribution in [3.05, 3.63) is 71.0 Å². The molecule has 0 aromatic heterocycles. The molecule has 2 aromatic carbocycles. The zero-order valence-electron chi connectivity index (χ0n) is 16.6. The van der Waals surface area contributed by atoms with E-state index in [1.165, 1.54) is 12.1 Å². The fourth-order valence-electron chi connectivity index (χ4n) is 3.09. The number of ether oxygens (including phenoxy) is 1. The van der Waals surface area contributed by atoms with Crippen LogP contribution in [-0.4, -0.2) is 47.8 Å². The van der Waals surface area contributed by atoms with E-state index in [2.05, 4.69) is 5.32 Å². The second kappa shape index (κ2) is 8.86. The maximum atomic E-state index is 13.0. The number of nitrogens with zero attached hydrogens (tertiary/aromatic N) is 1. The number of hydrogen-bond acceptors (Lipinski definition) is 5. The summed E-state index contributed by atoms with van der Waals surface area (Å²) in [6.07, 6.45) is 0. The Morgan fingerprint density at radius 3 is 2.10 bits per heavy atom. The largest absolute Gasteiger partial charge is 0.462 e. The third kappa shape index (κ3) is 4.37. The maximum absolute atomic E-state index is 13.0. The van der Waals surface area contributed by atoms with E-state index in [0.717, 1.165) is 17.0 Å². The fraction of sp³-hybridized carbons (Fsp3) is 0.273. The number of rotatable bonds is 7. The molecule has 0 saturated carbocycles. The van der Waals surface area contributed by atoms with Crippen LogP contribution in [0.5, 0.6) is 0 Å². The first-order valence-electron chi connectivity index (χ1n) is 9.48. The summed E-state index contributed by atoms with van der Waals surface area (Å²) >= 11 is 0. The average Bonchev–Trinajstić information content (AvgIpc) is 2.97. The molecule has 3 amide bonds. The number of esters is 1. The van der Waals surface area contributed by atoms with Crippen molar-refractivity contribution in [3.63, 3.8) is 0 Å². The van der Waals surface area contributed by atoms with Crippen LogP contribution in [0.2, 0.25) is 0 Å². The third-order valence-electron chi connectivity index (χ3n) is 4.75. The van der Waals surface area contributed by atoms with Crippen molar-refractivity contribution in [2.45, 2.75) is 19.9 Å². The van der Waals surface area contributed by atoms with Crippen LogP contribution >= 0.6 is 0 Å². The number of benzene rings is 2. The first-order valence-corrected chi connectivity index (χ1v) is 9.48. The predicted molar refractivity (Wildman–Crippen MR) is 105 cm³/mol. The average molecular weight is 412 g/mol. The summed E-state index contributed by atoms with van der Waals surface area (Å²) in [6, 6.07) is 10.5. The van der Waals surface area contributed by atoms with E-state index in [1.54, 1.807) is 38.1 Å². The standard InChI is InChI=1S/C22H21FN2O5/c1-13(2)18(24-19(26)14-7-9-15(23)10-8-14)22(29)30-12-11-25-20(27)16-5-3-4-6-17(16)21(25)28/h3-10,13,18H,11-12H2,1-2H3,(H,24,26). The summed E-state index contributed by atoms with van der Waals surface area (Å²) in [5.74, 6) is -2.84. The van der Waals surface area contributed by atoms with Gasteiger partial charge in [-0.1, -0.05) is 26.0 Å². The molecule has 0 saturated heterocycles. The van der Waals surface area contributed by atoms with Gasteiger partial charge in [0, 0.05) is 5.56 Å². The van der Waals surface area contributed by atoms with Gasteiger partial charge in [-0.15, -0.1) is 0 Å². The molecular formula is C22H21FN2O5. The van der Waals surface area contributed by atoms with Gasteiger partial charge >= 0.3 is 5.97 Å². The van der Waals surface area contributed by atoms with Gasteiger partial charge in [-0.05, 0) is 42.3 Å². The Hall–Kier alpha value is -3.55. The molecule has 1 unspecified atom stereocenters. The number of halogens is 1. The molecule has 1 heterocycles. The van der Waals surface area contributed by atoms with Crippen LogP contribution in [0.4, 0.5) is 4.39 Å². The lowest BCUT2D eigenvalue weighted by Gasteiger charge is -2.21. The van der Waals surface area contributed by atoms with Gasteiger partial charge in [-0.25, -0.2) is 9.18 Å². The number of nitrogens with one attached hydrogen (secondary N) is 1. The van der Waals surface area contributed by atoms with E-state index in [0.29, 0.717) is 11.1 Å². The molecule has 1 aliphatic rings. The van der Waals surface area contributed by atoms with E-state index < -0.39 is 35.5 Å². The van der Waals surface area contributed by atoms with Crippen molar-refractivity contribution in [1.82, 2.24) is 10.2 Å². The Bertz CT molecular complexity index is 952. The number of carbonyl (C=O) groups excluding carboxylic acids is 4. The lowest BCUT2D eigenvalue weighted by molar-refractivity contribution is -0.147. The summed E-state index contributed by atoms with van der Waals surface area (Å²) in [5.41, 5.74) is 0.849. The van der Waals surface area contributed by atoms with Gasteiger partial charge in [-0.2, -0.15) is 0 Å². The quantitative estimate of drug-likeness (QED) is 0.557. The predicted octanol–water partition coefficient (Wildman–Crippen LogP) is 2.42. The van der Waals surface area contributed by atoms with Crippen molar-refractivity contribution in [2.75, 3.05) is 13.2 Å². The minimum absolute atomic E-state index is 0.0885. The number of carbonyl (C=O) groups is 4. The van der Waals surface area contributed by atoms with Gasteiger partial charge in [0.1, 0.15) is 18.5 Å². The second-order valence-electron chi connectivity index (χ2n) is 7.18. The van der Waals surface area contributed by atoms with Gasteiger partial charge in [-0.3, -0.25) is 19.3 Å². The van der Waals surface area contributed by atoms with Crippen molar-refractivity contribution in [3.8, 4) is 0 Å². The minimum atomic E-state index is -0.940. The summed E-state index contributed by atoms with van der Waals surface area (Å²) in [7, 11) is 0. The van der Waals surface area contributed by atoms with Crippen LogP contribution in [0.1, 0.15) is 44.9 Å². The van der Waals surface area contributed by atoms with Crippen LogP contribution in [0, 0.1) is 11.7 Å². The molecule has 8 heteroatoms. The Labute approximate surface area is 172 Å². The fourth-order valence-corrected chi connectivity index (χ4v) is 3.09. The lowest BCUT2D eigenvalue weighted by Crippen LogP contribution is -2.46. The Morgan fingerprint density at radius 2 is 1.57 bits per heavy atom. The summed E-state index contributed by atoms with van der Waals surface area (Å²) in [6.45, 7) is 3.19. The van der Waals surface area contributed by atoms with Crippen LogP contribution < -0.4 is 5.32 Å². The lowest BCUT2D eigenvalue weighted by atomic mass is 10.0. The van der Waals surface area contributed by atoms with Gasteiger partial charge in [0.2, 0.25) is 0 Å². The first kappa shape index (κ1) is 21.2. The normalized spacial score (nSPS) is 13.9. The van der Waals surface area contributed by atoms with Gasteiger partial charge in [0.05, 0.1) is 17.7 Å². The molecule has 0 bridgehead atoms. The number of imide groups is 1. The van der Waals surface area contributed by atoms with Crippen LogP contribution in [0.15, 0.2) is 48.5 Å². The van der Waals surface area contributed by atoms with Gasteiger partial charge in [0.15, 0.2) is 0 Å². The number of amides is 3. The van der Waals surface area contributed by atoms with Crippen molar-refractivity contribution < 1.29 is 28.3 Å². The number of fused-ring (bicyclic) bond motifs is 1. The van der Waals surface area contributed by atoms with E-state index in [4.69, 9.17) is 4.74 Å². The van der Waals surface area contributed by atoms with Crippen LogP contribution in [0.3, 0.4) is 0 Å². The third-order valence-corrected chi connectivity index (χ3v) is 4.75. The first-order chi connectivity index (χ1) is 14.3. The molecule has 1 atom stereocenters. The second-order valence-corrected chi connectivity index (χ2v) is 7.18. The molecule has 0 aliphatic carbocycles. The molecule has 1 N–H and O–H groups in total. The Morgan fingerprint density at radius 1 is 1.00 bits per heavy atom. The topological polar surface area (TPSA) is 92.8 Å². The summed E-state index contributed by atoms with van der Waals surface area (Å²) < 4.78 is 18.2. The molecule has 3 rings (SSSR count). The SMILES string of the molecule is CC(C)C(NC(=O)c1ccc(F)cc1)C(=O)OCCN1C(=O)c2ccccc2C1=O. The molecule has 1 aliphatic heterocycles. The van der Waals surface area contributed by atoms with Gasteiger partial charge < -0.3 is 10.1 Å². The van der Waals surface area contributed by atoms with Crippen LogP contribution in [-0.2, 0) is 9.53 Å². The highest BCUT2D eigenvalue weighted by atomic mass is 19.1. The van der Waals surface area contributed by atoms with Crippen molar-refractivity contribution in [1.29, 1.82) is 0 Å². The Balaban J connectivity index is 1.57. The van der Waals surface area contributed by atoms with E-state index in [1.807, 2.05) is 0 Å². The smallest absolute Gasteiger partial charge is 0.328 e. The van der Waals surface area contributed by atoms with E-state index >= 15 is 0 Å². The van der Waals surface area contributed by atoms with Crippen molar-refractivity contribution in [2.24, 2.45) is 5.92 Å². The highest BCUT2D eigenvalue weighted by Crippen LogP contribution is 2.22. The monoisotopic (exact) mass is 412 g/mol. The zero-order chi connectivity index (χ0) is 21.8. The zero-order valence-corrected chi connectivity index (χ0v) is 16.6.